The Morgan fingerprint density at radius 2 is 2.12 bits per heavy atom. The number of rotatable bonds is 1. The smallest absolute Gasteiger partial charge is 0.308 e. The Morgan fingerprint density at radius 1 is 1.38 bits per heavy atom. The molecule has 0 radical (unpaired) electrons. The summed E-state index contributed by atoms with van der Waals surface area (Å²) >= 11 is 0. The van der Waals surface area contributed by atoms with Crippen LogP contribution < -0.4 is 9.47 Å². The summed E-state index contributed by atoms with van der Waals surface area (Å²) in [6, 6.07) is 5.37. The fourth-order valence-electron chi connectivity index (χ4n) is 1.58. The van der Waals surface area contributed by atoms with Crippen LogP contribution in [-0.4, -0.2) is 11.6 Å². The minimum absolute atomic E-state index is 0.318. The third-order valence-corrected chi connectivity index (χ3v) is 2.28. The molecule has 0 atom stereocenters. The van der Waals surface area contributed by atoms with E-state index >= 15 is 0 Å². The Balaban J connectivity index is 2.33. The van der Waals surface area contributed by atoms with Crippen LogP contribution in [0.15, 0.2) is 24.3 Å². The molecule has 0 saturated heterocycles. The number of hydrogen-bond donors (Lipinski definition) is 0. The van der Waals surface area contributed by atoms with Crippen molar-refractivity contribution in [1.82, 2.24) is 0 Å². The molecular formula is C13H14O3. The molecule has 1 aromatic rings. The molecule has 0 amide bonds. The Hall–Kier alpha value is -1.77. The highest BCUT2D eigenvalue weighted by Gasteiger charge is 2.21. The van der Waals surface area contributed by atoms with Crippen molar-refractivity contribution >= 4 is 12.0 Å². The van der Waals surface area contributed by atoms with E-state index in [1.54, 1.807) is 12.1 Å². The number of carbonyl (C=O) groups excluding carboxylic acids is 1. The zero-order valence-electron chi connectivity index (χ0n) is 9.61. The maximum atomic E-state index is 10.8. The monoisotopic (exact) mass is 218 g/mol. The van der Waals surface area contributed by atoms with Crippen molar-refractivity contribution in [2.75, 3.05) is 0 Å². The van der Waals surface area contributed by atoms with Gasteiger partial charge in [0.2, 0.25) is 0 Å². The van der Waals surface area contributed by atoms with Gasteiger partial charge in [-0.1, -0.05) is 6.08 Å². The lowest BCUT2D eigenvalue weighted by molar-refractivity contribution is -0.131. The van der Waals surface area contributed by atoms with Crippen molar-refractivity contribution in [1.29, 1.82) is 0 Å². The van der Waals surface area contributed by atoms with Crippen molar-refractivity contribution in [3.05, 3.63) is 29.8 Å². The molecule has 16 heavy (non-hydrogen) atoms. The molecular weight excluding hydrogens is 204 g/mol. The van der Waals surface area contributed by atoms with Gasteiger partial charge in [-0.3, -0.25) is 4.79 Å². The predicted molar refractivity (Wildman–Crippen MR) is 61.5 cm³/mol. The zero-order valence-corrected chi connectivity index (χ0v) is 9.61. The summed E-state index contributed by atoms with van der Waals surface area (Å²) in [4.78, 5) is 10.8. The van der Waals surface area contributed by atoms with Gasteiger partial charge in [0.1, 0.15) is 17.1 Å². The normalized spacial score (nSPS) is 16.2. The highest BCUT2D eigenvalue weighted by Crippen LogP contribution is 2.33. The van der Waals surface area contributed by atoms with Crippen LogP contribution in [0, 0.1) is 0 Å². The van der Waals surface area contributed by atoms with Crippen LogP contribution in [0.5, 0.6) is 11.5 Å². The van der Waals surface area contributed by atoms with Gasteiger partial charge >= 0.3 is 5.97 Å². The van der Waals surface area contributed by atoms with Gasteiger partial charge in [-0.2, -0.15) is 0 Å². The van der Waals surface area contributed by atoms with E-state index in [0.717, 1.165) is 11.3 Å². The van der Waals surface area contributed by atoms with Crippen molar-refractivity contribution in [2.24, 2.45) is 0 Å². The largest absolute Gasteiger partial charge is 0.483 e. The van der Waals surface area contributed by atoms with E-state index in [-0.39, 0.29) is 11.6 Å². The molecule has 3 nitrogen and oxygen atoms in total. The maximum absolute atomic E-state index is 10.8. The third-order valence-electron chi connectivity index (χ3n) is 2.28. The molecule has 0 spiro atoms. The second kappa shape index (κ2) is 3.67. The number of ether oxygens (including phenoxy) is 2. The first-order valence-electron chi connectivity index (χ1n) is 5.17. The van der Waals surface area contributed by atoms with Crippen LogP contribution in [0.3, 0.4) is 0 Å². The first-order valence-corrected chi connectivity index (χ1v) is 5.17. The standard InChI is InChI=1S/C13H14O3/c1-9(14)15-11-5-4-10-6-7-13(2,3)16-12(10)8-11/h4-8H,1-3H3. The minimum atomic E-state index is -0.328. The minimum Gasteiger partial charge on any atom is -0.483 e. The van der Waals surface area contributed by atoms with E-state index in [9.17, 15) is 4.79 Å². The molecule has 0 N–H and O–H groups in total. The summed E-state index contributed by atoms with van der Waals surface area (Å²) in [7, 11) is 0. The van der Waals surface area contributed by atoms with Gasteiger partial charge in [0.25, 0.3) is 0 Å². The number of hydrogen-bond acceptors (Lipinski definition) is 3. The van der Waals surface area contributed by atoms with E-state index < -0.39 is 0 Å². The predicted octanol–water partition coefficient (Wildman–Crippen LogP) is 2.80. The summed E-state index contributed by atoms with van der Waals surface area (Å²) in [5, 5.41) is 0. The van der Waals surface area contributed by atoms with Gasteiger partial charge in [-0.25, -0.2) is 0 Å². The number of benzene rings is 1. The summed E-state index contributed by atoms with van der Waals surface area (Å²) in [6.07, 6.45) is 4.01. The van der Waals surface area contributed by atoms with Gasteiger partial charge in [0, 0.05) is 18.6 Å². The van der Waals surface area contributed by atoms with Crippen LogP contribution in [0.4, 0.5) is 0 Å². The van der Waals surface area contributed by atoms with Crippen LogP contribution in [-0.2, 0) is 4.79 Å². The summed E-state index contributed by atoms with van der Waals surface area (Å²) < 4.78 is 10.8. The fraction of sp³-hybridized carbons (Fsp3) is 0.308. The number of fused-ring (bicyclic) bond motifs is 1. The molecule has 3 heteroatoms. The average molecular weight is 218 g/mol. The van der Waals surface area contributed by atoms with E-state index in [4.69, 9.17) is 9.47 Å². The topological polar surface area (TPSA) is 35.5 Å². The molecule has 0 bridgehead atoms. The summed E-state index contributed by atoms with van der Waals surface area (Å²) in [5.41, 5.74) is 0.678. The van der Waals surface area contributed by atoms with E-state index in [2.05, 4.69) is 0 Å². The molecule has 1 heterocycles. The lowest BCUT2D eigenvalue weighted by Crippen LogP contribution is -2.27. The molecule has 0 saturated carbocycles. The van der Waals surface area contributed by atoms with E-state index in [1.165, 1.54) is 6.92 Å². The second-order valence-electron chi connectivity index (χ2n) is 4.33. The van der Waals surface area contributed by atoms with Gasteiger partial charge in [0.05, 0.1) is 0 Å². The quantitative estimate of drug-likeness (QED) is 0.537. The van der Waals surface area contributed by atoms with E-state index in [0.29, 0.717) is 5.75 Å². The number of carbonyl (C=O) groups is 1. The molecule has 2 rings (SSSR count). The first kappa shape index (κ1) is 10.7. The van der Waals surface area contributed by atoms with Crippen molar-refractivity contribution in [2.45, 2.75) is 26.4 Å². The van der Waals surface area contributed by atoms with E-state index in [1.807, 2.05) is 32.1 Å². The Kier molecular flexibility index (Phi) is 2.46. The van der Waals surface area contributed by atoms with Crippen LogP contribution >= 0.6 is 0 Å². The van der Waals surface area contributed by atoms with Crippen LogP contribution in [0.1, 0.15) is 26.3 Å². The zero-order chi connectivity index (χ0) is 11.8. The van der Waals surface area contributed by atoms with Crippen LogP contribution in [0.25, 0.3) is 6.08 Å². The molecule has 1 aliphatic heterocycles. The Bertz CT molecular complexity index is 458. The first-order chi connectivity index (χ1) is 7.46. The van der Waals surface area contributed by atoms with Gasteiger partial charge in [-0.05, 0) is 32.1 Å². The molecule has 0 fully saturated rings. The van der Waals surface area contributed by atoms with Gasteiger partial charge < -0.3 is 9.47 Å². The van der Waals surface area contributed by atoms with Crippen molar-refractivity contribution in [3.63, 3.8) is 0 Å². The number of esters is 1. The lowest BCUT2D eigenvalue weighted by Gasteiger charge is -2.27. The second-order valence-corrected chi connectivity index (χ2v) is 4.33. The van der Waals surface area contributed by atoms with Crippen molar-refractivity contribution < 1.29 is 14.3 Å². The van der Waals surface area contributed by atoms with Gasteiger partial charge in [0.15, 0.2) is 0 Å². The third kappa shape index (κ3) is 2.24. The fourth-order valence-corrected chi connectivity index (χ4v) is 1.58. The Labute approximate surface area is 94.7 Å². The highest BCUT2D eigenvalue weighted by molar-refractivity contribution is 5.70. The molecule has 1 aromatic carbocycles. The van der Waals surface area contributed by atoms with Crippen molar-refractivity contribution in [3.8, 4) is 11.5 Å². The maximum Gasteiger partial charge on any atom is 0.308 e. The molecule has 84 valence electrons. The molecule has 1 aliphatic rings. The highest BCUT2D eigenvalue weighted by atomic mass is 16.5. The molecule has 0 aliphatic carbocycles. The Morgan fingerprint density at radius 3 is 2.81 bits per heavy atom. The van der Waals surface area contributed by atoms with Crippen LogP contribution in [0.2, 0.25) is 0 Å². The molecule has 0 aromatic heterocycles. The SMILES string of the molecule is CC(=O)Oc1ccc2c(c1)OC(C)(C)C=C2. The van der Waals surface area contributed by atoms with Gasteiger partial charge in [-0.15, -0.1) is 0 Å². The molecule has 0 unspecified atom stereocenters. The average Bonchev–Trinajstić information content (AvgIpc) is 2.14. The summed E-state index contributed by atoms with van der Waals surface area (Å²) in [5.74, 6) is 0.925. The lowest BCUT2D eigenvalue weighted by atomic mass is 10.0. The summed E-state index contributed by atoms with van der Waals surface area (Å²) in [6.45, 7) is 5.33.